The second-order valence-electron chi connectivity index (χ2n) is 8.18. The van der Waals surface area contributed by atoms with Gasteiger partial charge in [0.05, 0.1) is 49.0 Å². The van der Waals surface area contributed by atoms with Crippen molar-refractivity contribution in [3.8, 4) is 5.69 Å². The largest absolute Gasteiger partial charge is 0.477 e. The first-order valence-electron chi connectivity index (χ1n) is 11.0. The number of hydrogen-bond donors (Lipinski definition) is 1. The van der Waals surface area contributed by atoms with Crippen LogP contribution < -0.4 is 15.2 Å². The van der Waals surface area contributed by atoms with Gasteiger partial charge in [0.1, 0.15) is 11.4 Å². The molecule has 0 bridgehead atoms. The third kappa shape index (κ3) is 3.88. The summed E-state index contributed by atoms with van der Waals surface area (Å²) < 4.78 is 42.9. The number of aromatic nitrogens is 1. The van der Waals surface area contributed by atoms with Crippen LogP contribution in [0, 0.1) is 11.6 Å². The normalized spacial score (nSPS) is 16.8. The second kappa shape index (κ2) is 9.03. The fourth-order valence-corrected chi connectivity index (χ4v) is 4.48. The van der Waals surface area contributed by atoms with Crippen LogP contribution in [0.1, 0.15) is 10.4 Å². The van der Waals surface area contributed by atoms with Crippen LogP contribution in [0.4, 0.5) is 20.2 Å². The van der Waals surface area contributed by atoms with Gasteiger partial charge in [-0.05, 0) is 24.3 Å². The van der Waals surface area contributed by atoms with Crippen molar-refractivity contribution in [2.75, 3.05) is 62.4 Å². The molecule has 2 aliphatic heterocycles. The number of halogens is 2. The molecule has 10 heteroatoms. The van der Waals surface area contributed by atoms with E-state index in [0.29, 0.717) is 58.3 Å². The van der Waals surface area contributed by atoms with Crippen molar-refractivity contribution in [2.24, 2.45) is 0 Å². The van der Waals surface area contributed by atoms with Crippen LogP contribution in [0.5, 0.6) is 0 Å². The van der Waals surface area contributed by atoms with Crippen LogP contribution >= 0.6 is 0 Å². The SMILES string of the molecule is O=C(O)c1cn(-c2cccc(N3CCOCC3)c2F)c2cc(N3CCOCC3)c(F)cc2c1=O. The molecule has 8 nitrogen and oxygen atoms in total. The van der Waals surface area contributed by atoms with Crippen LogP contribution in [0.3, 0.4) is 0 Å². The monoisotopic (exact) mass is 471 g/mol. The Morgan fingerprint density at radius 3 is 2.09 bits per heavy atom. The number of ether oxygens (including phenoxy) is 2. The Morgan fingerprint density at radius 2 is 1.47 bits per heavy atom. The molecule has 3 aromatic rings. The van der Waals surface area contributed by atoms with Crippen molar-refractivity contribution >= 4 is 28.2 Å². The number of fused-ring (bicyclic) bond motifs is 1. The summed E-state index contributed by atoms with van der Waals surface area (Å²) in [6, 6.07) is 7.33. The number of morpholine rings is 2. The van der Waals surface area contributed by atoms with E-state index in [1.807, 2.05) is 4.90 Å². The van der Waals surface area contributed by atoms with Gasteiger partial charge >= 0.3 is 5.97 Å². The van der Waals surface area contributed by atoms with E-state index in [1.165, 1.54) is 16.7 Å². The first kappa shape index (κ1) is 22.3. The Balaban J connectivity index is 1.75. The topological polar surface area (TPSA) is 84.2 Å². The van der Waals surface area contributed by atoms with E-state index in [0.717, 1.165) is 12.3 Å². The first-order chi connectivity index (χ1) is 16.5. The molecule has 2 aromatic carbocycles. The molecule has 0 atom stereocenters. The van der Waals surface area contributed by atoms with E-state index in [4.69, 9.17) is 9.47 Å². The average Bonchev–Trinajstić information content (AvgIpc) is 2.85. The van der Waals surface area contributed by atoms with Crippen molar-refractivity contribution in [2.45, 2.75) is 0 Å². The number of carboxylic acid groups (broad SMARTS) is 1. The van der Waals surface area contributed by atoms with Gasteiger partial charge in [0.25, 0.3) is 0 Å². The minimum atomic E-state index is -1.47. The molecule has 5 rings (SSSR count). The highest BCUT2D eigenvalue weighted by Crippen LogP contribution is 2.31. The number of anilines is 2. The van der Waals surface area contributed by atoms with Gasteiger partial charge in [-0.25, -0.2) is 13.6 Å². The lowest BCUT2D eigenvalue weighted by Crippen LogP contribution is -2.37. The Labute approximate surface area is 193 Å². The zero-order chi connectivity index (χ0) is 23.8. The summed E-state index contributed by atoms with van der Waals surface area (Å²) in [5, 5.41) is 9.47. The fourth-order valence-electron chi connectivity index (χ4n) is 4.48. The van der Waals surface area contributed by atoms with Gasteiger partial charge in [-0.1, -0.05) is 6.07 Å². The van der Waals surface area contributed by atoms with Crippen molar-refractivity contribution in [3.63, 3.8) is 0 Å². The quantitative estimate of drug-likeness (QED) is 0.626. The standard InChI is InChI=1S/C24H23F2N3O5/c25-17-12-15-20(13-21(17)28-6-10-34-11-7-28)29(14-16(23(15)30)24(31)32)19-3-1-2-18(22(19)26)27-4-8-33-9-5-27/h1-3,12-14H,4-11H2,(H,31,32). The molecule has 0 saturated carbocycles. The molecule has 0 spiro atoms. The highest BCUT2D eigenvalue weighted by molar-refractivity contribution is 5.94. The van der Waals surface area contributed by atoms with E-state index < -0.39 is 28.6 Å². The minimum Gasteiger partial charge on any atom is -0.477 e. The number of benzene rings is 2. The highest BCUT2D eigenvalue weighted by Gasteiger charge is 2.24. The lowest BCUT2D eigenvalue weighted by atomic mass is 10.1. The maximum atomic E-state index is 15.8. The number of nitrogens with zero attached hydrogens (tertiary/aromatic N) is 3. The third-order valence-electron chi connectivity index (χ3n) is 6.22. The molecule has 2 saturated heterocycles. The predicted octanol–water partition coefficient (Wildman–Crippen LogP) is 2.64. The lowest BCUT2D eigenvalue weighted by Gasteiger charge is -2.30. The zero-order valence-corrected chi connectivity index (χ0v) is 18.3. The van der Waals surface area contributed by atoms with Crippen molar-refractivity contribution < 1.29 is 28.2 Å². The smallest absolute Gasteiger partial charge is 0.341 e. The summed E-state index contributed by atoms with van der Waals surface area (Å²) >= 11 is 0. The average molecular weight is 471 g/mol. The minimum absolute atomic E-state index is 0.0658. The summed E-state index contributed by atoms with van der Waals surface area (Å²) in [6.07, 6.45) is 1.11. The van der Waals surface area contributed by atoms with Crippen LogP contribution in [0.15, 0.2) is 41.3 Å². The van der Waals surface area contributed by atoms with Gasteiger partial charge in [0, 0.05) is 37.8 Å². The Bertz CT molecular complexity index is 1310. The van der Waals surface area contributed by atoms with E-state index in [1.54, 1.807) is 17.0 Å². The highest BCUT2D eigenvalue weighted by atomic mass is 19.1. The number of pyridine rings is 1. The van der Waals surface area contributed by atoms with Gasteiger partial charge in [0.2, 0.25) is 5.43 Å². The number of aromatic carboxylic acids is 1. The molecule has 3 heterocycles. The summed E-state index contributed by atoms with van der Waals surface area (Å²) in [7, 11) is 0. The number of hydrogen-bond acceptors (Lipinski definition) is 6. The molecule has 2 fully saturated rings. The lowest BCUT2D eigenvalue weighted by molar-refractivity contribution is 0.0695. The Hall–Kier alpha value is -3.50. The van der Waals surface area contributed by atoms with E-state index in [9.17, 15) is 14.7 Å². The molecule has 1 N–H and O–H groups in total. The fraction of sp³-hybridized carbons (Fsp3) is 0.333. The molecule has 178 valence electrons. The zero-order valence-electron chi connectivity index (χ0n) is 18.3. The maximum absolute atomic E-state index is 15.8. The molecule has 0 aliphatic carbocycles. The van der Waals surface area contributed by atoms with E-state index in [-0.39, 0.29) is 22.3 Å². The van der Waals surface area contributed by atoms with Crippen molar-refractivity contribution in [1.82, 2.24) is 4.57 Å². The Kier molecular flexibility index (Phi) is 5.93. The van der Waals surface area contributed by atoms with Gasteiger partial charge in [-0.2, -0.15) is 0 Å². The molecule has 0 amide bonds. The molecule has 0 unspecified atom stereocenters. The molecular formula is C24H23F2N3O5. The molecular weight excluding hydrogens is 448 g/mol. The van der Waals surface area contributed by atoms with Crippen LogP contribution in [-0.4, -0.2) is 68.2 Å². The van der Waals surface area contributed by atoms with Gasteiger partial charge in [0.15, 0.2) is 5.82 Å². The maximum Gasteiger partial charge on any atom is 0.341 e. The van der Waals surface area contributed by atoms with Gasteiger partial charge < -0.3 is 28.9 Å². The van der Waals surface area contributed by atoms with Gasteiger partial charge in [-0.15, -0.1) is 0 Å². The summed E-state index contributed by atoms with van der Waals surface area (Å²) in [5.41, 5.74) is -0.512. The second-order valence-corrected chi connectivity index (χ2v) is 8.18. The summed E-state index contributed by atoms with van der Waals surface area (Å²) in [4.78, 5) is 28.3. The van der Waals surface area contributed by atoms with Crippen LogP contribution in [0.2, 0.25) is 0 Å². The number of carboxylic acids is 1. The first-order valence-corrected chi connectivity index (χ1v) is 11.0. The van der Waals surface area contributed by atoms with Crippen LogP contribution in [0.25, 0.3) is 16.6 Å². The summed E-state index contributed by atoms with van der Waals surface area (Å²) in [5.74, 6) is -2.69. The Morgan fingerprint density at radius 1 is 0.882 bits per heavy atom. The molecule has 2 aliphatic rings. The van der Waals surface area contributed by atoms with Gasteiger partial charge in [-0.3, -0.25) is 4.79 Å². The van der Waals surface area contributed by atoms with E-state index >= 15 is 8.78 Å². The van der Waals surface area contributed by atoms with Crippen molar-refractivity contribution in [1.29, 1.82) is 0 Å². The number of rotatable bonds is 4. The van der Waals surface area contributed by atoms with Crippen molar-refractivity contribution in [3.05, 3.63) is 63.9 Å². The van der Waals surface area contributed by atoms with E-state index in [2.05, 4.69) is 0 Å². The molecule has 34 heavy (non-hydrogen) atoms. The number of carbonyl (C=O) groups is 1. The molecule has 1 aromatic heterocycles. The van der Waals surface area contributed by atoms with Crippen LogP contribution in [-0.2, 0) is 9.47 Å². The summed E-state index contributed by atoms with van der Waals surface area (Å²) in [6.45, 7) is 3.74. The molecule has 0 radical (unpaired) electrons. The third-order valence-corrected chi connectivity index (χ3v) is 6.22. The predicted molar refractivity (Wildman–Crippen MR) is 122 cm³/mol.